The highest BCUT2D eigenvalue weighted by molar-refractivity contribution is 7.92. The molecule has 0 saturated heterocycles. The highest BCUT2D eigenvalue weighted by atomic mass is 32.2. The summed E-state index contributed by atoms with van der Waals surface area (Å²) in [4.78, 5) is -0.835. The second-order valence-electron chi connectivity index (χ2n) is 4.14. The van der Waals surface area contributed by atoms with Gasteiger partial charge >= 0.3 is 0 Å². The molecule has 2 aromatic carbocycles. The number of anilines is 1. The van der Waals surface area contributed by atoms with E-state index in [1.807, 2.05) is 4.72 Å². The molecule has 0 radical (unpaired) electrons. The Bertz CT molecular complexity index is 760. The first kappa shape index (κ1) is 14.4. The van der Waals surface area contributed by atoms with Crippen LogP contribution in [0.5, 0.6) is 0 Å². The van der Waals surface area contributed by atoms with E-state index in [-0.39, 0.29) is 5.69 Å². The van der Waals surface area contributed by atoms with E-state index >= 15 is 0 Å². The Morgan fingerprint density at radius 1 is 0.950 bits per heavy atom. The highest BCUT2D eigenvalue weighted by Crippen LogP contribution is 2.21. The van der Waals surface area contributed by atoms with Gasteiger partial charge in [-0.2, -0.15) is 0 Å². The van der Waals surface area contributed by atoms with E-state index in [0.717, 1.165) is 12.1 Å². The fraction of sp³-hybridized carbons (Fsp3) is 0.0769. The molecular weight excluding hydrogens is 291 g/mol. The van der Waals surface area contributed by atoms with Gasteiger partial charge in [0.2, 0.25) is 0 Å². The summed E-state index contributed by atoms with van der Waals surface area (Å²) in [7, 11) is -4.33. The van der Waals surface area contributed by atoms with Crippen LogP contribution in [0.15, 0.2) is 41.3 Å². The van der Waals surface area contributed by atoms with Crippen molar-refractivity contribution in [3.63, 3.8) is 0 Å². The normalized spacial score (nSPS) is 11.4. The topological polar surface area (TPSA) is 46.2 Å². The van der Waals surface area contributed by atoms with Crippen molar-refractivity contribution in [3.8, 4) is 0 Å². The summed E-state index contributed by atoms with van der Waals surface area (Å²) in [6, 6.07) is 5.73. The van der Waals surface area contributed by atoms with Crippen molar-refractivity contribution in [1.29, 1.82) is 0 Å². The molecule has 0 aliphatic carbocycles. The van der Waals surface area contributed by atoms with Crippen LogP contribution in [0, 0.1) is 24.4 Å². The molecule has 106 valence electrons. The van der Waals surface area contributed by atoms with Crippen molar-refractivity contribution in [2.75, 3.05) is 4.72 Å². The molecule has 0 heterocycles. The van der Waals surface area contributed by atoms with Gasteiger partial charge in [0.25, 0.3) is 10.0 Å². The first-order chi connectivity index (χ1) is 9.29. The van der Waals surface area contributed by atoms with E-state index in [1.54, 1.807) is 0 Å². The molecule has 2 aromatic rings. The van der Waals surface area contributed by atoms with Gasteiger partial charge in [-0.25, -0.2) is 21.6 Å². The van der Waals surface area contributed by atoms with Gasteiger partial charge in [-0.15, -0.1) is 0 Å². The maximum absolute atomic E-state index is 13.5. The lowest BCUT2D eigenvalue weighted by molar-refractivity contribution is 0.555. The van der Waals surface area contributed by atoms with Crippen molar-refractivity contribution < 1.29 is 21.6 Å². The van der Waals surface area contributed by atoms with E-state index in [1.165, 1.54) is 19.1 Å². The molecule has 0 aromatic heterocycles. The average molecular weight is 301 g/mol. The monoisotopic (exact) mass is 301 g/mol. The van der Waals surface area contributed by atoms with Gasteiger partial charge in [0, 0.05) is 0 Å². The van der Waals surface area contributed by atoms with E-state index in [4.69, 9.17) is 0 Å². The molecule has 0 atom stereocenters. The van der Waals surface area contributed by atoms with Gasteiger partial charge in [-0.1, -0.05) is 6.07 Å². The molecule has 2 rings (SSSR count). The maximum Gasteiger partial charge on any atom is 0.264 e. The smallest absolute Gasteiger partial charge is 0.264 e. The third-order valence-electron chi connectivity index (χ3n) is 2.61. The standard InChI is InChI=1S/C13H10F3NO2S/c1-8-2-4-10(7-12(8)16)17-20(18,19)13-6-9(14)3-5-11(13)15/h2-7,17H,1H3. The molecule has 0 aliphatic heterocycles. The summed E-state index contributed by atoms with van der Waals surface area (Å²) in [6.07, 6.45) is 0. The van der Waals surface area contributed by atoms with Gasteiger partial charge in [-0.05, 0) is 42.8 Å². The Morgan fingerprint density at radius 2 is 1.65 bits per heavy atom. The lowest BCUT2D eigenvalue weighted by Gasteiger charge is -2.09. The van der Waals surface area contributed by atoms with Gasteiger partial charge in [-0.3, -0.25) is 4.72 Å². The van der Waals surface area contributed by atoms with Crippen LogP contribution in [0.2, 0.25) is 0 Å². The van der Waals surface area contributed by atoms with Gasteiger partial charge in [0.05, 0.1) is 5.69 Å². The fourth-order valence-corrected chi connectivity index (χ4v) is 2.69. The quantitative estimate of drug-likeness (QED) is 0.946. The molecule has 7 heteroatoms. The zero-order valence-electron chi connectivity index (χ0n) is 10.3. The first-order valence-corrected chi connectivity index (χ1v) is 7.02. The Labute approximate surface area is 114 Å². The third-order valence-corrected chi connectivity index (χ3v) is 4.00. The molecule has 0 aliphatic rings. The number of aryl methyl sites for hydroxylation is 1. The van der Waals surface area contributed by atoms with Crippen LogP contribution < -0.4 is 4.72 Å². The molecule has 0 spiro atoms. The van der Waals surface area contributed by atoms with Crippen molar-refractivity contribution in [3.05, 3.63) is 59.4 Å². The second-order valence-corrected chi connectivity index (χ2v) is 5.80. The summed E-state index contributed by atoms with van der Waals surface area (Å²) in [6.45, 7) is 1.51. The minimum Gasteiger partial charge on any atom is -0.279 e. The Morgan fingerprint density at radius 3 is 2.30 bits per heavy atom. The minimum absolute atomic E-state index is 0.0724. The zero-order chi connectivity index (χ0) is 14.9. The molecule has 20 heavy (non-hydrogen) atoms. The number of sulfonamides is 1. The Hall–Kier alpha value is -2.02. The third kappa shape index (κ3) is 2.93. The van der Waals surface area contributed by atoms with E-state index < -0.39 is 32.4 Å². The lowest BCUT2D eigenvalue weighted by Crippen LogP contribution is -2.15. The van der Waals surface area contributed by atoms with Crippen LogP contribution in [0.1, 0.15) is 5.56 Å². The summed E-state index contributed by atoms with van der Waals surface area (Å²) in [5, 5.41) is 0. The molecule has 3 nitrogen and oxygen atoms in total. The van der Waals surface area contributed by atoms with E-state index in [9.17, 15) is 21.6 Å². The van der Waals surface area contributed by atoms with Crippen LogP contribution in [0.3, 0.4) is 0 Å². The number of rotatable bonds is 3. The summed E-state index contributed by atoms with van der Waals surface area (Å²) in [5.74, 6) is -2.58. The largest absolute Gasteiger partial charge is 0.279 e. The summed E-state index contributed by atoms with van der Waals surface area (Å²) >= 11 is 0. The number of benzene rings is 2. The number of hydrogen-bond donors (Lipinski definition) is 1. The van der Waals surface area contributed by atoms with Gasteiger partial charge in [0.15, 0.2) is 0 Å². The van der Waals surface area contributed by atoms with Crippen LogP contribution >= 0.6 is 0 Å². The molecule has 0 saturated carbocycles. The zero-order valence-corrected chi connectivity index (χ0v) is 11.1. The molecule has 0 bridgehead atoms. The lowest BCUT2D eigenvalue weighted by atomic mass is 10.2. The number of hydrogen-bond acceptors (Lipinski definition) is 2. The van der Waals surface area contributed by atoms with Crippen LogP contribution in [-0.4, -0.2) is 8.42 Å². The van der Waals surface area contributed by atoms with E-state index in [2.05, 4.69) is 0 Å². The van der Waals surface area contributed by atoms with Crippen LogP contribution in [-0.2, 0) is 10.0 Å². The molecule has 1 N–H and O–H groups in total. The highest BCUT2D eigenvalue weighted by Gasteiger charge is 2.20. The van der Waals surface area contributed by atoms with Crippen LogP contribution in [0.25, 0.3) is 0 Å². The Kier molecular flexibility index (Phi) is 3.71. The fourth-order valence-electron chi connectivity index (χ4n) is 1.55. The molecule has 0 amide bonds. The SMILES string of the molecule is Cc1ccc(NS(=O)(=O)c2cc(F)ccc2F)cc1F. The minimum atomic E-state index is -4.33. The molecule has 0 fully saturated rings. The Balaban J connectivity index is 2.40. The molecular formula is C13H10F3NO2S. The van der Waals surface area contributed by atoms with Crippen molar-refractivity contribution in [2.45, 2.75) is 11.8 Å². The predicted octanol–water partition coefficient (Wildman–Crippen LogP) is 3.21. The summed E-state index contributed by atoms with van der Waals surface area (Å²) < 4.78 is 65.7. The average Bonchev–Trinajstić information content (AvgIpc) is 2.36. The van der Waals surface area contributed by atoms with Crippen LogP contribution in [0.4, 0.5) is 18.9 Å². The van der Waals surface area contributed by atoms with Crippen molar-refractivity contribution in [1.82, 2.24) is 0 Å². The predicted molar refractivity (Wildman–Crippen MR) is 68.3 cm³/mol. The van der Waals surface area contributed by atoms with Gasteiger partial charge in [0.1, 0.15) is 22.3 Å². The number of halogens is 3. The van der Waals surface area contributed by atoms with Crippen molar-refractivity contribution in [2.24, 2.45) is 0 Å². The van der Waals surface area contributed by atoms with Gasteiger partial charge < -0.3 is 0 Å². The first-order valence-electron chi connectivity index (χ1n) is 5.53. The maximum atomic E-state index is 13.5. The second kappa shape index (κ2) is 5.16. The molecule has 0 unspecified atom stereocenters. The summed E-state index contributed by atoms with van der Waals surface area (Å²) in [5.41, 5.74) is 0.265. The van der Waals surface area contributed by atoms with E-state index in [0.29, 0.717) is 17.7 Å². The number of nitrogens with one attached hydrogen (secondary N) is 1. The van der Waals surface area contributed by atoms with Crippen molar-refractivity contribution >= 4 is 15.7 Å².